The molecule has 0 spiro atoms. The van der Waals surface area contributed by atoms with Gasteiger partial charge in [-0.3, -0.25) is 4.79 Å². The van der Waals surface area contributed by atoms with E-state index in [4.69, 9.17) is 0 Å². The highest BCUT2D eigenvalue weighted by molar-refractivity contribution is 9.10. The van der Waals surface area contributed by atoms with Crippen LogP contribution in [0, 0.1) is 0 Å². The number of aryl methyl sites for hydroxylation is 1. The summed E-state index contributed by atoms with van der Waals surface area (Å²) in [5.41, 5.74) is 0.390. The fourth-order valence-electron chi connectivity index (χ4n) is 1.57. The van der Waals surface area contributed by atoms with Crippen molar-refractivity contribution in [1.29, 1.82) is 0 Å². The normalized spacial score (nSPS) is 12.2. The van der Waals surface area contributed by atoms with Crippen LogP contribution in [0.4, 0.5) is 0 Å². The van der Waals surface area contributed by atoms with Gasteiger partial charge in [0.2, 0.25) is 0 Å². The number of halogens is 1. The second kappa shape index (κ2) is 6.25. The van der Waals surface area contributed by atoms with Gasteiger partial charge in [-0.1, -0.05) is 6.92 Å². The maximum Gasteiger partial charge on any atom is 0.271 e. The van der Waals surface area contributed by atoms with Crippen LogP contribution in [0.1, 0.15) is 40.3 Å². The van der Waals surface area contributed by atoms with Crippen LogP contribution >= 0.6 is 27.3 Å². The van der Waals surface area contributed by atoms with Gasteiger partial charge in [-0.05, 0) is 41.4 Å². The molecular weight excluding hydrogens is 326 g/mol. The average molecular weight is 340 g/mol. The van der Waals surface area contributed by atoms with Gasteiger partial charge in [0.05, 0.1) is 6.04 Å². The molecule has 1 N–H and O–H groups in total. The van der Waals surface area contributed by atoms with E-state index in [1.54, 1.807) is 29.7 Å². The SMILES string of the molecule is CCc1cnc(C(C)NC(=O)c2ncccc2Br)s1. The number of carbonyl (C=O) groups excluding carboxylic acids is 1. The van der Waals surface area contributed by atoms with Crippen molar-refractivity contribution in [3.63, 3.8) is 0 Å². The van der Waals surface area contributed by atoms with Gasteiger partial charge in [0.1, 0.15) is 10.7 Å². The van der Waals surface area contributed by atoms with Crippen LogP contribution in [0.15, 0.2) is 29.0 Å². The van der Waals surface area contributed by atoms with Crippen molar-refractivity contribution in [3.8, 4) is 0 Å². The molecule has 19 heavy (non-hydrogen) atoms. The monoisotopic (exact) mass is 339 g/mol. The Hall–Kier alpha value is -1.27. The minimum Gasteiger partial charge on any atom is -0.342 e. The first kappa shape index (κ1) is 14.1. The summed E-state index contributed by atoms with van der Waals surface area (Å²) in [6.45, 7) is 4.01. The number of thiazole rings is 1. The molecule has 2 aromatic heterocycles. The molecule has 2 rings (SSSR count). The molecule has 0 radical (unpaired) electrons. The Labute approximate surface area is 124 Å². The molecule has 0 bridgehead atoms. The largest absolute Gasteiger partial charge is 0.342 e. The summed E-state index contributed by atoms with van der Waals surface area (Å²) < 4.78 is 0.688. The molecule has 0 aliphatic rings. The zero-order valence-corrected chi connectivity index (χ0v) is 13.1. The average Bonchev–Trinajstić information content (AvgIpc) is 2.88. The standard InChI is InChI=1S/C13H14BrN3OS/c1-3-9-7-16-13(19-9)8(2)17-12(18)11-10(14)5-4-6-15-11/h4-8H,3H2,1-2H3,(H,17,18). The number of nitrogens with zero attached hydrogens (tertiary/aromatic N) is 2. The third-order valence-electron chi connectivity index (χ3n) is 2.61. The Morgan fingerprint density at radius 2 is 2.32 bits per heavy atom. The molecule has 2 aromatic rings. The molecular formula is C13H14BrN3OS. The van der Waals surface area contributed by atoms with Crippen LogP contribution < -0.4 is 5.32 Å². The van der Waals surface area contributed by atoms with E-state index in [-0.39, 0.29) is 11.9 Å². The molecule has 0 fully saturated rings. The van der Waals surface area contributed by atoms with Crippen LogP contribution in [0.5, 0.6) is 0 Å². The maximum atomic E-state index is 12.1. The van der Waals surface area contributed by atoms with Crippen LogP contribution in [-0.4, -0.2) is 15.9 Å². The summed E-state index contributed by atoms with van der Waals surface area (Å²) in [6, 6.07) is 3.45. The molecule has 1 unspecified atom stereocenters. The Morgan fingerprint density at radius 1 is 1.53 bits per heavy atom. The predicted octanol–water partition coefficient (Wildman–Crippen LogP) is 3.35. The number of hydrogen-bond acceptors (Lipinski definition) is 4. The number of pyridine rings is 1. The second-order valence-corrected chi connectivity index (χ2v) is 6.05. The summed E-state index contributed by atoms with van der Waals surface area (Å²) >= 11 is 4.95. The summed E-state index contributed by atoms with van der Waals surface area (Å²) in [7, 11) is 0. The van der Waals surface area contributed by atoms with Crippen LogP contribution in [0.2, 0.25) is 0 Å². The van der Waals surface area contributed by atoms with Crippen LogP contribution in [0.3, 0.4) is 0 Å². The zero-order valence-electron chi connectivity index (χ0n) is 10.7. The molecule has 1 amide bonds. The Bertz CT molecular complexity index is 585. The number of hydrogen-bond donors (Lipinski definition) is 1. The summed E-state index contributed by atoms with van der Waals surface area (Å²) in [4.78, 5) is 21.7. The third kappa shape index (κ3) is 3.39. The minimum atomic E-state index is -0.201. The number of carbonyl (C=O) groups is 1. The molecule has 0 aliphatic heterocycles. The lowest BCUT2D eigenvalue weighted by atomic mass is 10.3. The highest BCUT2D eigenvalue weighted by Gasteiger charge is 2.16. The van der Waals surface area contributed by atoms with E-state index in [0.29, 0.717) is 10.2 Å². The van der Waals surface area contributed by atoms with Crippen molar-refractivity contribution < 1.29 is 4.79 Å². The topological polar surface area (TPSA) is 54.9 Å². The van der Waals surface area contributed by atoms with Crippen molar-refractivity contribution in [3.05, 3.63) is 44.6 Å². The van der Waals surface area contributed by atoms with E-state index >= 15 is 0 Å². The summed E-state index contributed by atoms with van der Waals surface area (Å²) in [5, 5.41) is 3.82. The molecule has 0 aromatic carbocycles. The lowest BCUT2D eigenvalue weighted by Crippen LogP contribution is -2.27. The molecule has 4 nitrogen and oxygen atoms in total. The van der Waals surface area contributed by atoms with Gasteiger partial charge >= 0.3 is 0 Å². The lowest BCUT2D eigenvalue weighted by Gasteiger charge is -2.11. The quantitative estimate of drug-likeness (QED) is 0.929. The molecule has 0 saturated carbocycles. The zero-order chi connectivity index (χ0) is 13.8. The maximum absolute atomic E-state index is 12.1. The van der Waals surface area contributed by atoms with Gasteiger partial charge in [0.25, 0.3) is 5.91 Å². The molecule has 6 heteroatoms. The van der Waals surface area contributed by atoms with Crippen molar-refractivity contribution in [2.75, 3.05) is 0 Å². The van der Waals surface area contributed by atoms with Crippen molar-refractivity contribution in [2.24, 2.45) is 0 Å². The van der Waals surface area contributed by atoms with Gasteiger partial charge in [0, 0.05) is 21.7 Å². The molecule has 0 aliphatic carbocycles. The lowest BCUT2D eigenvalue weighted by molar-refractivity contribution is 0.0934. The molecule has 1 atom stereocenters. The Morgan fingerprint density at radius 3 is 2.95 bits per heavy atom. The fourth-order valence-corrected chi connectivity index (χ4v) is 2.86. The van der Waals surface area contributed by atoms with E-state index in [1.165, 1.54) is 4.88 Å². The molecule has 0 saturated heterocycles. The number of rotatable bonds is 4. The number of nitrogens with one attached hydrogen (secondary N) is 1. The van der Waals surface area contributed by atoms with Gasteiger partial charge in [-0.2, -0.15) is 0 Å². The summed E-state index contributed by atoms with van der Waals surface area (Å²) in [5.74, 6) is -0.201. The first-order chi connectivity index (χ1) is 9.11. The van der Waals surface area contributed by atoms with Crippen molar-refractivity contribution in [1.82, 2.24) is 15.3 Å². The second-order valence-electron chi connectivity index (χ2n) is 4.05. The first-order valence-corrected chi connectivity index (χ1v) is 7.58. The fraction of sp³-hybridized carbons (Fsp3) is 0.308. The summed E-state index contributed by atoms with van der Waals surface area (Å²) in [6.07, 6.45) is 4.42. The highest BCUT2D eigenvalue weighted by atomic mass is 79.9. The number of aromatic nitrogens is 2. The van der Waals surface area contributed by atoms with E-state index in [2.05, 4.69) is 38.1 Å². The van der Waals surface area contributed by atoms with Crippen LogP contribution in [0.25, 0.3) is 0 Å². The van der Waals surface area contributed by atoms with Gasteiger partial charge in [-0.25, -0.2) is 9.97 Å². The molecule has 100 valence electrons. The highest BCUT2D eigenvalue weighted by Crippen LogP contribution is 2.21. The number of amides is 1. The Kier molecular flexibility index (Phi) is 4.66. The van der Waals surface area contributed by atoms with Gasteiger partial charge in [-0.15, -0.1) is 11.3 Å². The van der Waals surface area contributed by atoms with Crippen molar-refractivity contribution in [2.45, 2.75) is 26.3 Å². The third-order valence-corrected chi connectivity index (χ3v) is 4.58. The predicted molar refractivity (Wildman–Crippen MR) is 79.3 cm³/mol. The van der Waals surface area contributed by atoms with E-state index < -0.39 is 0 Å². The van der Waals surface area contributed by atoms with Crippen molar-refractivity contribution >= 4 is 33.2 Å². The van der Waals surface area contributed by atoms with Gasteiger partial charge in [0.15, 0.2) is 0 Å². The van der Waals surface area contributed by atoms with Gasteiger partial charge < -0.3 is 5.32 Å². The molecule has 2 heterocycles. The minimum absolute atomic E-state index is 0.119. The van der Waals surface area contributed by atoms with E-state index in [1.807, 2.05) is 13.1 Å². The van der Waals surface area contributed by atoms with E-state index in [0.717, 1.165) is 11.4 Å². The first-order valence-electron chi connectivity index (χ1n) is 5.97. The van der Waals surface area contributed by atoms with Crippen LogP contribution in [-0.2, 0) is 6.42 Å². The smallest absolute Gasteiger partial charge is 0.271 e. The van der Waals surface area contributed by atoms with E-state index in [9.17, 15) is 4.79 Å². The Balaban J connectivity index is 2.08.